The maximum atomic E-state index is 13.3. The van der Waals surface area contributed by atoms with Crippen LogP contribution in [-0.4, -0.2) is 52.0 Å². The lowest BCUT2D eigenvalue weighted by Crippen LogP contribution is -2.48. The highest BCUT2D eigenvalue weighted by atomic mass is 32.2. The first-order valence-corrected chi connectivity index (χ1v) is 12.9. The minimum absolute atomic E-state index is 0.101. The van der Waals surface area contributed by atoms with E-state index >= 15 is 0 Å². The van der Waals surface area contributed by atoms with Crippen LogP contribution < -0.4 is 0 Å². The number of carbonyl (C=O) groups is 1. The molecule has 0 aliphatic carbocycles. The average Bonchev–Trinajstić information content (AvgIpc) is 3.42. The SMILES string of the molecule is Cc1ccc2nc(CN3CCN(C(=O)c4ccccc4SCc4cc(C)on4)CC3)sc2c1. The second kappa shape index (κ2) is 9.67. The van der Waals surface area contributed by atoms with Gasteiger partial charge in [0.25, 0.3) is 5.91 Å². The summed E-state index contributed by atoms with van der Waals surface area (Å²) in [6.07, 6.45) is 0. The number of nitrogens with zero attached hydrogens (tertiary/aromatic N) is 4. The zero-order valence-electron chi connectivity index (χ0n) is 18.8. The normalized spacial score (nSPS) is 14.8. The predicted molar refractivity (Wildman–Crippen MR) is 133 cm³/mol. The Bertz CT molecular complexity index is 1270. The Kier molecular flexibility index (Phi) is 6.48. The van der Waals surface area contributed by atoms with E-state index in [9.17, 15) is 4.79 Å². The number of thioether (sulfide) groups is 1. The fraction of sp³-hybridized carbons (Fsp3) is 0.320. The summed E-state index contributed by atoms with van der Waals surface area (Å²) in [6, 6.07) is 16.2. The van der Waals surface area contributed by atoms with Crippen LogP contribution in [0.1, 0.15) is 32.4 Å². The van der Waals surface area contributed by atoms with Crippen molar-refractivity contribution in [1.29, 1.82) is 0 Å². The molecule has 170 valence electrons. The average molecular weight is 479 g/mol. The van der Waals surface area contributed by atoms with Gasteiger partial charge in [0.15, 0.2) is 0 Å². The minimum Gasteiger partial charge on any atom is -0.361 e. The van der Waals surface area contributed by atoms with Gasteiger partial charge < -0.3 is 9.42 Å². The third kappa shape index (κ3) is 5.13. The Hall–Kier alpha value is -2.68. The molecule has 0 N–H and O–H groups in total. The highest BCUT2D eigenvalue weighted by Gasteiger charge is 2.24. The van der Waals surface area contributed by atoms with Gasteiger partial charge in [-0.3, -0.25) is 9.69 Å². The Morgan fingerprint density at radius 3 is 2.70 bits per heavy atom. The molecule has 5 rings (SSSR count). The molecule has 1 amide bonds. The van der Waals surface area contributed by atoms with E-state index < -0.39 is 0 Å². The van der Waals surface area contributed by atoms with E-state index in [-0.39, 0.29) is 5.91 Å². The first-order valence-electron chi connectivity index (χ1n) is 11.1. The number of hydrogen-bond acceptors (Lipinski definition) is 7. The van der Waals surface area contributed by atoms with Crippen molar-refractivity contribution in [2.75, 3.05) is 26.2 Å². The number of aromatic nitrogens is 2. The summed E-state index contributed by atoms with van der Waals surface area (Å²) in [5, 5.41) is 5.19. The Morgan fingerprint density at radius 1 is 1.09 bits per heavy atom. The van der Waals surface area contributed by atoms with Crippen molar-refractivity contribution in [1.82, 2.24) is 19.9 Å². The number of rotatable bonds is 6. The Balaban J connectivity index is 1.19. The second-order valence-electron chi connectivity index (χ2n) is 8.36. The van der Waals surface area contributed by atoms with Crippen LogP contribution in [0.2, 0.25) is 0 Å². The van der Waals surface area contributed by atoms with Gasteiger partial charge in [-0.1, -0.05) is 23.4 Å². The molecule has 0 saturated carbocycles. The van der Waals surface area contributed by atoms with E-state index in [1.165, 1.54) is 10.3 Å². The molecule has 1 aliphatic rings. The van der Waals surface area contributed by atoms with Gasteiger partial charge in [0.2, 0.25) is 0 Å². The van der Waals surface area contributed by atoms with E-state index in [0.29, 0.717) is 5.75 Å². The van der Waals surface area contributed by atoms with Gasteiger partial charge in [-0.2, -0.15) is 0 Å². The predicted octanol–water partition coefficient (Wildman–Crippen LogP) is 5.15. The van der Waals surface area contributed by atoms with Crippen LogP contribution in [-0.2, 0) is 12.3 Å². The Morgan fingerprint density at radius 2 is 1.91 bits per heavy atom. The molecule has 4 aromatic rings. The van der Waals surface area contributed by atoms with Crippen LogP contribution in [0.25, 0.3) is 10.2 Å². The van der Waals surface area contributed by atoms with Crippen molar-refractivity contribution in [2.24, 2.45) is 0 Å². The number of fused-ring (bicyclic) bond motifs is 1. The zero-order chi connectivity index (χ0) is 22.8. The number of amides is 1. The van der Waals surface area contributed by atoms with Crippen molar-refractivity contribution in [3.05, 3.63) is 76.1 Å². The quantitative estimate of drug-likeness (QED) is 0.357. The first-order chi connectivity index (χ1) is 16.0. The van der Waals surface area contributed by atoms with Crippen molar-refractivity contribution < 1.29 is 9.32 Å². The lowest BCUT2D eigenvalue weighted by molar-refractivity contribution is 0.0625. The summed E-state index contributed by atoms with van der Waals surface area (Å²) in [7, 11) is 0. The smallest absolute Gasteiger partial charge is 0.255 e. The van der Waals surface area contributed by atoms with Crippen LogP contribution in [0, 0.1) is 13.8 Å². The van der Waals surface area contributed by atoms with Crippen molar-refractivity contribution >= 4 is 39.2 Å². The third-order valence-corrected chi connectivity index (χ3v) is 7.89. The molecule has 8 heteroatoms. The van der Waals surface area contributed by atoms with Gasteiger partial charge in [-0.05, 0) is 43.7 Å². The molecule has 33 heavy (non-hydrogen) atoms. The lowest BCUT2D eigenvalue weighted by atomic mass is 10.2. The molecule has 1 saturated heterocycles. The second-order valence-corrected chi connectivity index (χ2v) is 10.5. The topological polar surface area (TPSA) is 62.5 Å². The van der Waals surface area contributed by atoms with Crippen LogP contribution in [0.3, 0.4) is 0 Å². The summed E-state index contributed by atoms with van der Waals surface area (Å²) in [5.74, 6) is 1.58. The molecule has 0 bridgehead atoms. The minimum atomic E-state index is 0.101. The molecule has 1 aliphatic heterocycles. The standard InChI is InChI=1S/C25H26N4O2S2/c1-17-7-8-21-23(13-17)33-24(26-21)15-28-9-11-29(12-10-28)25(30)20-5-3-4-6-22(20)32-16-19-14-18(2)31-27-19/h3-8,13-14H,9-12,15-16H2,1-2H3. The summed E-state index contributed by atoms with van der Waals surface area (Å²) in [5.41, 5.74) is 3.99. The summed E-state index contributed by atoms with van der Waals surface area (Å²) in [4.78, 5) is 23.4. The largest absolute Gasteiger partial charge is 0.361 e. The van der Waals surface area contributed by atoms with Crippen molar-refractivity contribution in [3.8, 4) is 0 Å². The van der Waals surface area contributed by atoms with Crippen LogP contribution in [0.4, 0.5) is 0 Å². The molecule has 0 spiro atoms. The van der Waals surface area contributed by atoms with Gasteiger partial charge in [0, 0.05) is 42.9 Å². The molecule has 1 fully saturated rings. The van der Waals surface area contributed by atoms with E-state index in [4.69, 9.17) is 9.51 Å². The van der Waals surface area contributed by atoms with Gasteiger partial charge in [0.05, 0.1) is 28.0 Å². The van der Waals surface area contributed by atoms with Crippen LogP contribution in [0.5, 0.6) is 0 Å². The highest BCUT2D eigenvalue weighted by molar-refractivity contribution is 7.98. The Labute approximate surface area is 201 Å². The molecule has 3 heterocycles. The monoisotopic (exact) mass is 478 g/mol. The molecule has 6 nitrogen and oxygen atoms in total. The fourth-order valence-electron chi connectivity index (χ4n) is 4.02. The molecule has 0 radical (unpaired) electrons. The number of benzene rings is 2. The van der Waals surface area contributed by atoms with Gasteiger partial charge in [-0.25, -0.2) is 4.98 Å². The lowest BCUT2D eigenvalue weighted by Gasteiger charge is -2.34. The van der Waals surface area contributed by atoms with Gasteiger partial charge in [0.1, 0.15) is 10.8 Å². The van der Waals surface area contributed by atoms with E-state index in [0.717, 1.165) is 65.2 Å². The van der Waals surface area contributed by atoms with Crippen molar-refractivity contribution in [2.45, 2.75) is 31.0 Å². The first kappa shape index (κ1) is 22.1. The molecule has 2 aromatic carbocycles. The van der Waals surface area contributed by atoms with Crippen LogP contribution in [0.15, 0.2) is 57.9 Å². The fourth-order valence-corrected chi connectivity index (χ4v) is 6.06. The van der Waals surface area contributed by atoms with Gasteiger partial charge in [-0.15, -0.1) is 23.1 Å². The maximum absolute atomic E-state index is 13.3. The molecule has 2 aromatic heterocycles. The third-order valence-electron chi connectivity index (χ3n) is 5.78. The van der Waals surface area contributed by atoms with E-state index in [1.807, 2.05) is 42.2 Å². The number of piperazine rings is 1. The number of carbonyl (C=O) groups excluding carboxylic acids is 1. The van der Waals surface area contributed by atoms with E-state index in [2.05, 4.69) is 35.2 Å². The summed E-state index contributed by atoms with van der Waals surface area (Å²) < 4.78 is 6.40. The van der Waals surface area contributed by atoms with Crippen LogP contribution >= 0.6 is 23.1 Å². The highest BCUT2D eigenvalue weighted by Crippen LogP contribution is 2.28. The molecule has 0 atom stereocenters. The van der Waals surface area contributed by atoms with Gasteiger partial charge >= 0.3 is 0 Å². The molecular formula is C25H26N4O2S2. The van der Waals surface area contributed by atoms with E-state index in [1.54, 1.807) is 23.1 Å². The number of hydrogen-bond donors (Lipinski definition) is 0. The maximum Gasteiger partial charge on any atom is 0.255 e. The summed E-state index contributed by atoms with van der Waals surface area (Å²) >= 11 is 3.39. The molecule has 0 unspecified atom stereocenters. The molecular weight excluding hydrogens is 452 g/mol. The summed E-state index contributed by atoms with van der Waals surface area (Å²) in [6.45, 7) is 8.00. The number of aryl methyl sites for hydroxylation is 2. The zero-order valence-corrected chi connectivity index (χ0v) is 20.4. The van der Waals surface area contributed by atoms with Crippen molar-refractivity contribution in [3.63, 3.8) is 0 Å². The number of thiazole rings is 1.